The van der Waals surface area contributed by atoms with Crippen LogP contribution < -0.4 is 10.9 Å². The molecule has 3 heterocycles. The van der Waals surface area contributed by atoms with Gasteiger partial charge in [0.05, 0.1) is 16.1 Å². The van der Waals surface area contributed by atoms with Gasteiger partial charge in [0, 0.05) is 17.0 Å². The molecule has 2 N–H and O–H groups in total. The number of thiophene rings is 1. The molecule has 0 aliphatic heterocycles. The van der Waals surface area contributed by atoms with Crippen LogP contribution in [0.2, 0.25) is 0 Å². The third-order valence-corrected chi connectivity index (χ3v) is 5.51. The Kier molecular flexibility index (Phi) is 5.02. The highest BCUT2D eigenvalue weighted by Gasteiger charge is 2.32. The van der Waals surface area contributed by atoms with Gasteiger partial charge in [-0.3, -0.25) is 9.59 Å². The van der Waals surface area contributed by atoms with Gasteiger partial charge in [-0.05, 0) is 25.5 Å². The number of fused-ring (bicyclic) bond motifs is 1. The number of nitrogens with one attached hydrogen (secondary N) is 2. The molecule has 0 bridgehead atoms. The maximum absolute atomic E-state index is 12.9. The minimum Gasteiger partial charge on any atom is -0.327 e. The molecule has 6 nitrogen and oxygen atoms in total. The highest BCUT2D eigenvalue weighted by atomic mass is 32.1. The molecular formula is C19H19F3N4O2S. The summed E-state index contributed by atoms with van der Waals surface area (Å²) in [6, 6.07) is 0.613. The predicted molar refractivity (Wildman–Crippen MR) is 106 cm³/mol. The van der Waals surface area contributed by atoms with Gasteiger partial charge in [-0.1, -0.05) is 20.8 Å². The number of hydrogen-bond donors (Lipinski definition) is 2. The third kappa shape index (κ3) is 4.02. The first-order valence-corrected chi connectivity index (χ1v) is 9.50. The van der Waals surface area contributed by atoms with Crippen molar-refractivity contribution in [3.8, 4) is 0 Å². The van der Waals surface area contributed by atoms with E-state index >= 15 is 0 Å². The number of aromatic nitrogens is 3. The lowest BCUT2D eigenvalue weighted by molar-refractivity contribution is -0.137. The Labute approximate surface area is 168 Å². The fourth-order valence-electron chi connectivity index (χ4n) is 2.81. The van der Waals surface area contributed by atoms with Crippen LogP contribution in [0.15, 0.2) is 17.1 Å². The van der Waals surface area contributed by atoms with Gasteiger partial charge in [0.2, 0.25) is 0 Å². The van der Waals surface area contributed by atoms with E-state index in [-0.39, 0.29) is 10.3 Å². The zero-order valence-corrected chi connectivity index (χ0v) is 17.2. The van der Waals surface area contributed by atoms with Crippen LogP contribution in [-0.4, -0.2) is 20.9 Å². The average molecular weight is 424 g/mol. The Morgan fingerprint density at radius 3 is 2.41 bits per heavy atom. The van der Waals surface area contributed by atoms with E-state index in [1.807, 2.05) is 32.7 Å². The lowest BCUT2D eigenvalue weighted by Crippen LogP contribution is -2.21. The van der Waals surface area contributed by atoms with Crippen molar-refractivity contribution in [2.75, 3.05) is 5.32 Å². The zero-order chi connectivity index (χ0) is 21.7. The molecule has 0 radical (unpaired) electrons. The van der Waals surface area contributed by atoms with E-state index in [2.05, 4.69) is 15.3 Å². The van der Waals surface area contributed by atoms with Crippen LogP contribution in [0.5, 0.6) is 0 Å². The highest BCUT2D eigenvalue weighted by molar-refractivity contribution is 7.20. The molecule has 0 saturated carbocycles. The number of alkyl halides is 3. The predicted octanol–water partition coefficient (Wildman–Crippen LogP) is 4.57. The lowest BCUT2D eigenvalue weighted by Gasteiger charge is -2.16. The van der Waals surface area contributed by atoms with Gasteiger partial charge in [-0.15, -0.1) is 11.3 Å². The van der Waals surface area contributed by atoms with Crippen LogP contribution in [0.4, 0.5) is 18.9 Å². The summed E-state index contributed by atoms with van der Waals surface area (Å²) in [5, 5.41) is 3.01. The molecule has 0 atom stereocenters. The topological polar surface area (TPSA) is 87.7 Å². The lowest BCUT2D eigenvalue weighted by atomic mass is 9.95. The number of aryl methyl sites for hydroxylation is 2. The van der Waals surface area contributed by atoms with Gasteiger partial charge >= 0.3 is 6.18 Å². The Morgan fingerprint density at radius 1 is 1.17 bits per heavy atom. The van der Waals surface area contributed by atoms with Crippen molar-refractivity contribution in [2.45, 2.75) is 46.2 Å². The maximum atomic E-state index is 12.9. The number of H-pyrrole nitrogens is 1. The smallest absolute Gasteiger partial charge is 0.327 e. The number of nitrogens with zero attached hydrogens (tertiary/aromatic N) is 2. The first-order chi connectivity index (χ1) is 13.3. The highest BCUT2D eigenvalue weighted by Crippen LogP contribution is 2.34. The van der Waals surface area contributed by atoms with Crippen LogP contribution in [0.1, 0.15) is 53.1 Å². The normalized spacial score (nSPS) is 12.4. The molecule has 0 saturated heterocycles. The average Bonchev–Trinajstić information content (AvgIpc) is 2.92. The third-order valence-electron chi connectivity index (χ3n) is 4.33. The fraction of sp³-hybridized carbons (Fsp3) is 0.368. The van der Waals surface area contributed by atoms with E-state index < -0.39 is 28.9 Å². The largest absolute Gasteiger partial charge is 0.417 e. The second-order valence-electron chi connectivity index (χ2n) is 7.70. The monoisotopic (exact) mass is 424 g/mol. The molecular weight excluding hydrogens is 405 g/mol. The summed E-state index contributed by atoms with van der Waals surface area (Å²) in [6.45, 7) is 9.46. The molecule has 29 heavy (non-hydrogen) atoms. The van der Waals surface area contributed by atoms with Crippen LogP contribution in [0, 0.1) is 13.8 Å². The minimum atomic E-state index is -4.65. The summed E-state index contributed by atoms with van der Waals surface area (Å²) in [5.74, 6) is -0.0444. The van der Waals surface area contributed by atoms with Crippen molar-refractivity contribution in [2.24, 2.45) is 0 Å². The number of halogens is 3. The van der Waals surface area contributed by atoms with Gasteiger partial charge in [-0.25, -0.2) is 9.97 Å². The molecule has 3 aromatic rings. The number of rotatable bonds is 2. The second-order valence-corrected chi connectivity index (χ2v) is 8.70. The van der Waals surface area contributed by atoms with Crippen LogP contribution >= 0.6 is 11.3 Å². The zero-order valence-electron chi connectivity index (χ0n) is 16.4. The standard InChI is InChI=1S/C19H19F3N4O2S/c1-8-12-9(2)24-17(18(3,4)5)26-16(12)29-13(8)15(28)25-11-6-10(19(20,21)22)7-23-14(11)27/h6-7H,1-5H3,(H,23,27)(H,25,28). The van der Waals surface area contributed by atoms with Crippen molar-refractivity contribution >= 4 is 33.1 Å². The van der Waals surface area contributed by atoms with E-state index in [1.165, 1.54) is 0 Å². The number of hydrogen-bond acceptors (Lipinski definition) is 5. The minimum absolute atomic E-state index is 0.264. The van der Waals surface area contributed by atoms with Crippen LogP contribution in [0.3, 0.4) is 0 Å². The van der Waals surface area contributed by atoms with E-state index in [1.54, 1.807) is 6.92 Å². The Balaban J connectivity index is 2.04. The molecule has 0 aliphatic carbocycles. The number of carbonyl (C=O) groups excluding carboxylic acids is 1. The van der Waals surface area contributed by atoms with Crippen molar-refractivity contribution in [1.29, 1.82) is 0 Å². The SMILES string of the molecule is Cc1nc(C(C)(C)C)nc2sc(C(=O)Nc3cc(C(F)(F)F)c[nH]c3=O)c(C)c12. The summed E-state index contributed by atoms with van der Waals surface area (Å²) in [6.07, 6.45) is -4.08. The summed E-state index contributed by atoms with van der Waals surface area (Å²) in [5.41, 5.74) is -1.31. The fourth-order valence-corrected chi connectivity index (χ4v) is 3.94. The molecule has 154 valence electrons. The first kappa shape index (κ1) is 21.0. The summed E-state index contributed by atoms with van der Waals surface area (Å²) >= 11 is 1.11. The Hall–Kier alpha value is -2.75. The summed E-state index contributed by atoms with van der Waals surface area (Å²) in [7, 11) is 0. The van der Waals surface area contributed by atoms with Crippen molar-refractivity contribution in [3.05, 3.63) is 50.1 Å². The summed E-state index contributed by atoms with van der Waals surface area (Å²) in [4.78, 5) is 36.6. The first-order valence-electron chi connectivity index (χ1n) is 8.68. The van der Waals surface area contributed by atoms with Gasteiger partial charge in [0.1, 0.15) is 16.3 Å². The van der Waals surface area contributed by atoms with Gasteiger partial charge in [-0.2, -0.15) is 13.2 Å². The Morgan fingerprint density at radius 2 is 1.83 bits per heavy atom. The molecule has 0 aromatic carbocycles. The number of anilines is 1. The van der Waals surface area contributed by atoms with Gasteiger partial charge in [0.15, 0.2) is 0 Å². The molecule has 0 unspecified atom stereocenters. The maximum Gasteiger partial charge on any atom is 0.417 e. The number of pyridine rings is 1. The number of aromatic amines is 1. The molecule has 0 aliphatic rings. The second kappa shape index (κ2) is 6.94. The van der Waals surface area contributed by atoms with E-state index in [0.29, 0.717) is 34.2 Å². The summed E-state index contributed by atoms with van der Waals surface area (Å²) < 4.78 is 38.7. The molecule has 0 fully saturated rings. The molecule has 10 heteroatoms. The number of amides is 1. The number of carbonyl (C=O) groups is 1. The van der Waals surface area contributed by atoms with Gasteiger partial charge in [0.25, 0.3) is 11.5 Å². The molecule has 3 aromatic heterocycles. The Bertz CT molecular complexity index is 1170. The quantitative estimate of drug-likeness (QED) is 0.631. The van der Waals surface area contributed by atoms with Crippen LogP contribution in [-0.2, 0) is 11.6 Å². The van der Waals surface area contributed by atoms with Crippen molar-refractivity contribution < 1.29 is 18.0 Å². The van der Waals surface area contributed by atoms with Gasteiger partial charge < -0.3 is 10.3 Å². The molecule has 0 spiro atoms. The van der Waals surface area contributed by atoms with Crippen molar-refractivity contribution in [1.82, 2.24) is 15.0 Å². The van der Waals surface area contributed by atoms with Crippen molar-refractivity contribution in [3.63, 3.8) is 0 Å². The molecule has 1 amide bonds. The molecule has 3 rings (SSSR count). The van der Waals surface area contributed by atoms with E-state index in [9.17, 15) is 22.8 Å². The van der Waals surface area contributed by atoms with Crippen LogP contribution in [0.25, 0.3) is 10.2 Å². The van der Waals surface area contributed by atoms with E-state index in [0.717, 1.165) is 16.7 Å². The van der Waals surface area contributed by atoms with E-state index in [4.69, 9.17) is 0 Å².